The zero-order valence-corrected chi connectivity index (χ0v) is 12.7. The van der Waals surface area contributed by atoms with Gasteiger partial charge in [0, 0.05) is 13.2 Å². The largest absolute Gasteiger partial charge is 0.481 e. The highest BCUT2D eigenvalue weighted by Crippen LogP contribution is 2.21. The van der Waals surface area contributed by atoms with Crippen LogP contribution in [0.5, 0.6) is 5.75 Å². The fraction of sp³-hybridized carbons (Fsp3) is 0.389. The number of carbonyl (C=O) groups is 1. The molecular formula is C18H21NO3. The van der Waals surface area contributed by atoms with Crippen molar-refractivity contribution < 1.29 is 14.3 Å². The fourth-order valence-electron chi connectivity index (χ4n) is 2.66. The highest BCUT2D eigenvalue weighted by Gasteiger charge is 2.19. The third-order valence-electron chi connectivity index (χ3n) is 3.93. The van der Waals surface area contributed by atoms with Gasteiger partial charge in [-0.25, -0.2) is 0 Å². The molecule has 1 heterocycles. The number of carbonyl (C=O) groups excluding carboxylic acids is 1. The van der Waals surface area contributed by atoms with Crippen molar-refractivity contribution in [3.8, 4) is 5.75 Å². The van der Waals surface area contributed by atoms with Crippen LogP contribution < -0.4 is 10.1 Å². The van der Waals surface area contributed by atoms with Crippen molar-refractivity contribution in [3.63, 3.8) is 0 Å². The van der Waals surface area contributed by atoms with Crippen molar-refractivity contribution in [2.75, 3.05) is 13.2 Å². The summed E-state index contributed by atoms with van der Waals surface area (Å²) in [5.41, 5.74) is 0. The number of amides is 1. The number of rotatable bonds is 5. The number of nitrogens with one attached hydrogen (secondary N) is 1. The number of hydrogen-bond donors (Lipinski definition) is 1. The maximum atomic E-state index is 12.1. The van der Waals surface area contributed by atoms with Gasteiger partial charge >= 0.3 is 0 Å². The standard InChI is InChI=1S/C18H21NO3/c1-13(18(20)19-12-17-7-4-10-21-17)22-16-9-8-14-5-2-3-6-15(14)11-16/h2-3,5-6,8-9,11,13,17H,4,7,10,12H2,1H3,(H,19,20)/t13-,17+/m1/s1. The lowest BCUT2D eigenvalue weighted by molar-refractivity contribution is -0.127. The van der Waals surface area contributed by atoms with Gasteiger partial charge < -0.3 is 14.8 Å². The third kappa shape index (κ3) is 3.57. The van der Waals surface area contributed by atoms with E-state index in [0.29, 0.717) is 12.3 Å². The second-order valence-electron chi connectivity index (χ2n) is 5.65. The van der Waals surface area contributed by atoms with Crippen LogP contribution in [0.4, 0.5) is 0 Å². The van der Waals surface area contributed by atoms with Crippen LogP contribution >= 0.6 is 0 Å². The van der Waals surface area contributed by atoms with E-state index in [1.807, 2.05) is 36.4 Å². The van der Waals surface area contributed by atoms with Gasteiger partial charge in [0.05, 0.1) is 6.10 Å². The Balaban J connectivity index is 1.57. The first-order valence-corrected chi connectivity index (χ1v) is 7.77. The van der Waals surface area contributed by atoms with Gasteiger partial charge in [-0.05, 0) is 42.7 Å². The topological polar surface area (TPSA) is 47.6 Å². The normalized spacial score (nSPS) is 19.0. The van der Waals surface area contributed by atoms with E-state index in [1.54, 1.807) is 6.92 Å². The number of ether oxygens (including phenoxy) is 2. The van der Waals surface area contributed by atoms with Crippen molar-refractivity contribution in [2.24, 2.45) is 0 Å². The Morgan fingerprint density at radius 2 is 2.14 bits per heavy atom. The molecule has 0 radical (unpaired) electrons. The molecule has 0 saturated carbocycles. The Morgan fingerprint density at radius 3 is 2.91 bits per heavy atom. The summed E-state index contributed by atoms with van der Waals surface area (Å²) in [6.45, 7) is 3.12. The van der Waals surface area contributed by atoms with Gasteiger partial charge in [-0.2, -0.15) is 0 Å². The monoisotopic (exact) mass is 299 g/mol. The highest BCUT2D eigenvalue weighted by molar-refractivity contribution is 5.84. The molecule has 3 rings (SSSR count). The van der Waals surface area contributed by atoms with E-state index in [-0.39, 0.29) is 12.0 Å². The zero-order valence-electron chi connectivity index (χ0n) is 12.7. The first-order valence-electron chi connectivity index (χ1n) is 7.77. The Morgan fingerprint density at radius 1 is 1.32 bits per heavy atom. The summed E-state index contributed by atoms with van der Waals surface area (Å²) in [5, 5.41) is 5.15. The van der Waals surface area contributed by atoms with Crippen molar-refractivity contribution in [3.05, 3.63) is 42.5 Å². The van der Waals surface area contributed by atoms with Gasteiger partial charge in [0.1, 0.15) is 5.75 Å². The number of fused-ring (bicyclic) bond motifs is 1. The molecule has 2 aromatic rings. The van der Waals surface area contributed by atoms with Crippen LogP contribution in [0.25, 0.3) is 10.8 Å². The molecule has 1 fully saturated rings. The van der Waals surface area contributed by atoms with Gasteiger partial charge in [0.2, 0.25) is 0 Å². The van der Waals surface area contributed by atoms with Crippen LogP contribution in [0.3, 0.4) is 0 Å². The lowest BCUT2D eigenvalue weighted by Gasteiger charge is -2.17. The summed E-state index contributed by atoms with van der Waals surface area (Å²) in [6, 6.07) is 13.9. The van der Waals surface area contributed by atoms with Crippen molar-refractivity contribution in [1.29, 1.82) is 0 Å². The molecule has 1 N–H and O–H groups in total. The Hall–Kier alpha value is -2.07. The van der Waals surface area contributed by atoms with E-state index in [9.17, 15) is 4.79 Å². The van der Waals surface area contributed by atoms with Gasteiger partial charge in [-0.3, -0.25) is 4.79 Å². The molecule has 0 aliphatic carbocycles. The van der Waals surface area contributed by atoms with Gasteiger partial charge in [-0.15, -0.1) is 0 Å². The Labute approximate surface area is 130 Å². The van der Waals surface area contributed by atoms with Gasteiger partial charge in [0.15, 0.2) is 6.10 Å². The third-order valence-corrected chi connectivity index (χ3v) is 3.93. The summed E-state index contributed by atoms with van der Waals surface area (Å²) in [7, 11) is 0. The van der Waals surface area contributed by atoms with Crippen LogP contribution in [-0.2, 0) is 9.53 Å². The van der Waals surface area contributed by atoms with Crippen LogP contribution in [0.1, 0.15) is 19.8 Å². The minimum Gasteiger partial charge on any atom is -0.481 e. The van der Waals surface area contributed by atoms with Gasteiger partial charge in [-0.1, -0.05) is 30.3 Å². The molecule has 0 spiro atoms. The molecule has 1 saturated heterocycles. The Bertz CT molecular complexity index is 650. The van der Waals surface area contributed by atoms with E-state index in [0.717, 1.165) is 30.2 Å². The maximum absolute atomic E-state index is 12.1. The lowest BCUT2D eigenvalue weighted by atomic mass is 10.1. The van der Waals surface area contributed by atoms with Crippen LogP contribution in [0, 0.1) is 0 Å². The maximum Gasteiger partial charge on any atom is 0.260 e. The first-order chi connectivity index (χ1) is 10.7. The van der Waals surface area contributed by atoms with Gasteiger partial charge in [0.25, 0.3) is 5.91 Å². The lowest BCUT2D eigenvalue weighted by Crippen LogP contribution is -2.40. The molecule has 2 atom stereocenters. The molecule has 1 aliphatic heterocycles. The molecule has 116 valence electrons. The van der Waals surface area contributed by atoms with Crippen LogP contribution in [0.15, 0.2) is 42.5 Å². The minimum atomic E-state index is -0.525. The van der Waals surface area contributed by atoms with E-state index in [4.69, 9.17) is 9.47 Å². The Kier molecular flexibility index (Phi) is 4.59. The molecule has 2 aromatic carbocycles. The molecule has 4 heteroatoms. The smallest absolute Gasteiger partial charge is 0.260 e. The first kappa shape index (κ1) is 14.9. The second kappa shape index (κ2) is 6.79. The number of hydrogen-bond acceptors (Lipinski definition) is 3. The summed E-state index contributed by atoms with van der Waals surface area (Å²) in [5.74, 6) is 0.599. The average molecular weight is 299 g/mol. The predicted octanol–water partition coefficient (Wildman–Crippen LogP) is 2.90. The summed E-state index contributed by atoms with van der Waals surface area (Å²) >= 11 is 0. The molecule has 1 aliphatic rings. The number of benzene rings is 2. The molecular weight excluding hydrogens is 278 g/mol. The highest BCUT2D eigenvalue weighted by atomic mass is 16.5. The molecule has 0 unspecified atom stereocenters. The van der Waals surface area contributed by atoms with Crippen molar-refractivity contribution in [1.82, 2.24) is 5.32 Å². The van der Waals surface area contributed by atoms with E-state index in [2.05, 4.69) is 11.4 Å². The van der Waals surface area contributed by atoms with Crippen LogP contribution in [0.2, 0.25) is 0 Å². The fourth-order valence-corrected chi connectivity index (χ4v) is 2.66. The van der Waals surface area contributed by atoms with Crippen molar-refractivity contribution >= 4 is 16.7 Å². The van der Waals surface area contributed by atoms with E-state index in [1.165, 1.54) is 0 Å². The summed E-state index contributed by atoms with van der Waals surface area (Å²) in [4.78, 5) is 12.1. The van der Waals surface area contributed by atoms with E-state index < -0.39 is 6.10 Å². The quantitative estimate of drug-likeness (QED) is 0.923. The molecule has 1 amide bonds. The predicted molar refractivity (Wildman–Crippen MR) is 86.0 cm³/mol. The van der Waals surface area contributed by atoms with Crippen molar-refractivity contribution in [2.45, 2.75) is 32.0 Å². The SMILES string of the molecule is C[C@@H](Oc1ccc2ccccc2c1)C(=O)NC[C@@H]1CCCO1. The average Bonchev–Trinajstić information content (AvgIpc) is 3.06. The van der Waals surface area contributed by atoms with E-state index >= 15 is 0 Å². The second-order valence-corrected chi connectivity index (χ2v) is 5.65. The molecule has 0 bridgehead atoms. The summed E-state index contributed by atoms with van der Waals surface area (Å²) in [6.07, 6.45) is 1.71. The summed E-state index contributed by atoms with van der Waals surface area (Å²) < 4.78 is 11.2. The molecule has 0 aromatic heterocycles. The minimum absolute atomic E-state index is 0.108. The zero-order chi connectivity index (χ0) is 15.4. The molecule has 22 heavy (non-hydrogen) atoms. The molecule has 4 nitrogen and oxygen atoms in total. The van der Waals surface area contributed by atoms with Crippen LogP contribution in [-0.4, -0.2) is 31.3 Å².